The number of nitro groups is 1. The molecule has 0 radical (unpaired) electrons. The number of aliphatic hydroxyl groups is 5. The largest absolute Gasteiger partial charge is 0.394 e. The Balaban J connectivity index is 0. The van der Waals surface area contributed by atoms with E-state index in [-0.39, 0.29) is 5.69 Å². The highest BCUT2D eigenvalue weighted by molar-refractivity contribution is 7.51. The number of nitro benzene ring substituents is 1. The van der Waals surface area contributed by atoms with Crippen molar-refractivity contribution in [2.24, 2.45) is 0 Å². The average Bonchev–Trinajstić information content (AvgIpc) is 3.24. The van der Waals surface area contributed by atoms with E-state index in [1.165, 1.54) is 24.3 Å². The lowest BCUT2D eigenvalue weighted by Gasteiger charge is -2.23. The van der Waals surface area contributed by atoms with Crippen molar-refractivity contribution in [3.8, 4) is 0 Å². The van der Waals surface area contributed by atoms with Gasteiger partial charge in [0.15, 0.2) is 14.5 Å². The quantitative estimate of drug-likeness (QED) is 0.0581. The number of hydrogen-bond donors (Lipinski definition) is 8. The summed E-state index contributed by atoms with van der Waals surface area (Å²) in [6.07, 6.45) is -3.42. The second-order valence-corrected chi connectivity index (χ2v) is 15.5. The van der Waals surface area contributed by atoms with Gasteiger partial charge in [-0.05, 0) is 42.7 Å². The maximum absolute atomic E-state index is 12.8. The fourth-order valence-corrected chi connectivity index (χ4v) is 4.78. The number of rotatable bonds is 16. The first-order chi connectivity index (χ1) is 29.1. The summed E-state index contributed by atoms with van der Waals surface area (Å²) in [7, 11) is 0. The van der Waals surface area contributed by atoms with Crippen LogP contribution in [0.15, 0.2) is 72.8 Å². The van der Waals surface area contributed by atoms with Gasteiger partial charge in [-0.25, -0.2) is 4.39 Å². The van der Waals surface area contributed by atoms with Crippen LogP contribution >= 0.6 is 69.6 Å². The molecule has 0 aliphatic rings. The molecule has 0 bridgehead atoms. The lowest BCUT2D eigenvalue weighted by atomic mass is 10.0. The average molecular weight is 1040 g/mol. The Morgan fingerprint density at radius 2 is 0.823 bits per heavy atom. The van der Waals surface area contributed by atoms with Gasteiger partial charge in [0.25, 0.3) is 23.4 Å². The van der Waals surface area contributed by atoms with Gasteiger partial charge in [-0.15, -0.1) is 0 Å². The highest BCUT2D eigenvalue weighted by atomic mass is 35.5. The topological polar surface area (TPSA) is 300 Å². The van der Waals surface area contributed by atoms with E-state index in [0.29, 0.717) is 16.7 Å². The molecule has 0 aromatic heterocycles. The van der Waals surface area contributed by atoms with E-state index in [9.17, 15) is 49.3 Å². The number of hydrogen-bond acceptors (Lipinski definition) is 14. The molecule has 18 nitrogen and oxygen atoms in total. The van der Waals surface area contributed by atoms with Crippen LogP contribution in [0.1, 0.15) is 46.1 Å². The summed E-state index contributed by atoms with van der Waals surface area (Å²) in [5.74, 6) is -2.14. The Hall–Kier alpha value is -3.42. The third-order valence-corrected chi connectivity index (χ3v) is 8.75. The van der Waals surface area contributed by atoms with E-state index in [1.54, 1.807) is 36.4 Å². The number of alkyl halides is 7. The van der Waals surface area contributed by atoms with Crippen LogP contribution in [0, 0.1) is 24.0 Å². The van der Waals surface area contributed by atoms with Gasteiger partial charge in [0.2, 0.25) is 0 Å². The molecule has 0 aliphatic heterocycles. The molecule has 0 saturated carbocycles. The Kier molecular flexibility index (Phi) is 33.3. The summed E-state index contributed by atoms with van der Waals surface area (Å²) in [5, 5.41) is 65.8. The van der Waals surface area contributed by atoms with E-state index in [0.717, 1.165) is 11.1 Å². The van der Waals surface area contributed by atoms with E-state index < -0.39 is 117 Å². The van der Waals surface area contributed by atoms with E-state index in [1.807, 2.05) is 26.0 Å². The lowest BCUT2D eigenvalue weighted by Crippen LogP contribution is -2.44. The normalized spacial score (nSPS) is 13.2. The van der Waals surface area contributed by atoms with Crippen LogP contribution in [0.2, 0.25) is 0 Å². The van der Waals surface area contributed by atoms with E-state index in [2.05, 4.69) is 16.0 Å². The van der Waals surface area contributed by atoms with Gasteiger partial charge < -0.3 is 41.5 Å². The van der Waals surface area contributed by atoms with Crippen molar-refractivity contribution in [1.82, 2.24) is 16.0 Å². The second-order valence-electron chi connectivity index (χ2n) is 11.9. The number of benzene rings is 3. The molecule has 0 fully saturated rings. The van der Waals surface area contributed by atoms with Crippen LogP contribution in [-0.2, 0) is 37.5 Å². The Labute approximate surface area is 391 Å². The molecule has 0 heterocycles. The van der Waals surface area contributed by atoms with Crippen molar-refractivity contribution in [3.63, 3.8) is 0 Å². The summed E-state index contributed by atoms with van der Waals surface area (Å²) >= 11 is 30.7. The van der Waals surface area contributed by atoms with Crippen LogP contribution in [0.3, 0.4) is 0 Å². The minimum Gasteiger partial charge on any atom is -0.394 e. The molecular weight excluding hydrogens is 996 g/mol. The molecule has 0 saturated heterocycles. The number of nitrogens with zero attached hydrogens (tertiary/aromatic N) is 1. The monoisotopic (exact) mass is 1030 g/mol. The maximum Gasteiger partial charge on any atom is 0.335 e. The van der Waals surface area contributed by atoms with E-state index >= 15 is 0 Å². The van der Waals surface area contributed by atoms with Crippen molar-refractivity contribution in [3.05, 3.63) is 111 Å². The highest BCUT2D eigenvalue weighted by Crippen LogP contribution is 2.22. The number of non-ortho nitro benzene ring substituents is 1. The van der Waals surface area contributed by atoms with Crippen molar-refractivity contribution >= 4 is 116 Å². The minimum atomic E-state index is -1.33. The highest BCUT2D eigenvalue weighted by Gasteiger charge is 2.27. The van der Waals surface area contributed by atoms with Gasteiger partial charge in [-0.2, -0.15) is 16.8 Å². The third kappa shape index (κ3) is 24.4. The molecule has 0 unspecified atom stereocenters. The van der Waals surface area contributed by atoms with Crippen molar-refractivity contribution in [1.29, 1.82) is 0 Å². The van der Waals surface area contributed by atoms with Gasteiger partial charge in [0, 0.05) is 12.1 Å². The van der Waals surface area contributed by atoms with Gasteiger partial charge in [0.05, 0.1) is 36.3 Å². The van der Waals surface area contributed by atoms with Crippen LogP contribution in [0.25, 0.3) is 0 Å². The van der Waals surface area contributed by atoms with Crippen molar-refractivity contribution < 1.29 is 66.1 Å². The molecule has 0 aliphatic carbocycles. The molecule has 346 valence electrons. The van der Waals surface area contributed by atoms with Crippen molar-refractivity contribution in [2.45, 2.75) is 64.8 Å². The van der Waals surface area contributed by atoms with Crippen LogP contribution in [0.4, 0.5) is 10.1 Å². The van der Waals surface area contributed by atoms with Crippen LogP contribution in [0.5, 0.6) is 0 Å². The Bertz CT molecular complexity index is 1780. The summed E-state index contributed by atoms with van der Waals surface area (Å²) < 4.78 is 46.0. The SMILES string of the molecule is Cc1ccc([C@@H](O)[C@@H](CF)NC(=O)C(Cl)Cl)cc1.Cc1ccc([C@@H](O)[C@@H](CO)NC(=O)C(Cl)Cl)cc1.O=C(N[C@H](CO)[C@H](O)c1ccc([N+](=O)[O-])cc1)C(Cl)Cl.O=S=O.O=S=O. The molecule has 3 aromatic carbocycles. The second kappa shape index (κ2) is 34.0. The molecule has 62 heavy (non-hydrogen) atoms. The van der Waals surface area contributed by atoms with E-state index in [4.69, 9.17) is 91.5 Å². The first-order valence-corrected chi connectivity index (χ1v) is 20.8. The number of carbonyl (C=O) groups excluding carboxylic acids is 3. The first-order valence-electron chi connectivity index (χ1n) is 16.9. The fourth-order valence-electron chi connectivity index (χ4n) is 4.41. The Morgan fingerprint density at radius 1 is 0.581 bits per heavy atom. The predicted octanol–water partition coefficient (Wildman–Crippen LogP) is 3.16. The number of aliphatic hydroxyl groups excluding tert-OH is 5. The summed E-state index contributed by atoms with van der Waals surface area (Å²) in [6, 6.07) is 16.2. The van der Waals surface area contributed by atoms with Crippen molar-refractivity contribution in [2.75, 3.05) is 19.9 Å². The molecule has 3 rings (SSSR count). The third-order valence-electron chi connectivity index (χ3n) is 7.56. The Morgan fingerprint density at radius 3 is 1.05 bits per heavy atom. The first kappa shape index (κ1) is 60.7. The molecule has 8 N–H and O–H groups in total. The lowest BCUT2D eigenvalue weighted by molar-refractivity contribution is -0.384. The summed E-state index contributed by atoms with van der Waals surface area (Å²) in [6.45, 7) is 1.94. The number of amides is 3. The van der Waals surface area contributed by atoms with Gasteiger partial charge >= 0.3 is 23.1 Å². The van der Waals surface area contributed by atoms with Crippen LogP contribution in [-0.4, -0.2) is 118 Å². The fraction of sp³-hybridized carbons (Fsp3) is 0.400. The number of halogens is 7. The molecule has 0 spiro atoms. The van der Waals surface area contributed by atoms with Gasteiger partial charge in [0.1, 0.15) is 25.0 Å². The zero-order valence-corrected chi connectivity index (χ0v) is 38.2. The summed E-state index contributed by atoms with van der Waals surface area (Å²) in [4.78, 5) is 39.9. The summed E-state index contributed by atoms with van der Waals surface area (Å²) in [5.41, 5.74) is 3.36. The predicted molar refractivity (Wildman–Crippen MR) is 231 cm³/mol. The maximum atomic E-state index is 12.8. The number of nitrogens with one attached hydrogen (secondary N) is 3. The zero-order chi connectivity index (χ0) is 48.1. The number of carbonyl (C=O) groups is 3. The smallest absolute Gasteiger partial charge is 0.335 e. The molecule has 3 amide bonds. The van der Waals surface area contributed by atoms with Crippen LogP contribution < -0.4 is 16.0 Å². The minimum absolute atomic E-state index is 0.132. The molecule has 6 atom stereocenters. The standard InChI is InChI=1S/C12H14Cl2FNO2.C12H15Cl2NO3.C11H12Cl2N2O5.2O2S/c1-7-2-4-8(5-3-7)10(17)9(6-15)16-12(18)11(13)14;1-7-2-4-8(5-3-7)10(17)9(6-16)15-12(18)11(13)14;12-10(13)11(18)14-8(5-16)9(17)6-1-3-7(4-2-6)15(19)20;2*1-3-2/h2-5,9-11,17H,6H2,1H3,(H,16,18);2-5,9-11,16-17H,6H2,1H3,(H,15,18);1-4,8-10,16-17H,5H2,(H,14,18);;/t2*9-,10-;8-,9-;;/m111../s1. The van der Waals surface area contributed by atoms with Gasteiger partial charge in [-0.3, -0.25) is 24.5 Å². The molecular formula is C35H41Cl6FN4O14S2. The number of aryl methyl sites for hydroxylation is 2. The molecule has 3 aromatic rings. The zero-order valence-electron chi connectivity index (χ0n) is 32.1. The molecule has 27 heteroatoms. The van der Waals surface area contributed by atoms with Gasteiger partial charge in [-0.1, -0.05) is 129 Å².